The second kappa shape index (κ2) is 9.67. The van der Waals surface area contributed by atoms with E-state index in [1.165, 1.54) is 25.3 Å². The third-order valence-corrected chi connectivity index (χ3v) is 4.02. The summed E-state index contributed by atoms with van der Waals surface area (Å²) in [6.45, 7) is 1.38. The van der Waals surface area contributed by atoms with Crippen LogP contribution in [0.4, 0.5) is 0 Å². The Morgan fingerprint density at radius 2 is 2.04 bits per heavy atom. The van der Waals surface area contributed by atoms with Gasteiger partial charge in [0.25, 0.3) is 0 Å². The fourth-order valence-corrected chi connectivity index (χ4v) is 2.64. The molecule has 1 saturated heterocycles. The highest BCUT2D eigenvalue weighted by atomic mass is 16.7. The summed E-state index contributed by atoms with van der Waals surface area (Å²) < 4.78 is 20.6. The lowest BCUT2D eigenvalue weighted by Gasteiger charge is -2.41. The van der Waals surface area contributed by atoms with Crippen LogP contribution in [-0.2, 0) is 19.0 Å². The van der Waals surface area contributed by atoms with E-state index in [-0.39, 0.29) is 18.1 Å². The van der Waals surface area contributed by atoms with E-state index in [4.69, 9.17) is 18.9 Å². The van der Waals surface area contributed by atoms with Gasteiger partial charge < -0.3 is 39.4 Å². The van der Waals surface area contributed by atoms with Crippen LogP contribution < -0.4 is 4.74 Å². The van der Waals surface area contributed by atoms with Gasteiger partial charge in [-0.1, -0.05) is 6.07 Å². The van der Waals surface area contributed by atoms with E-state index in [1.807, 2.05) is 0 Å². The first kappa shape index (κ1) is 21.1. The molecule has 1 aliphatic rings. The third kappa shape index (κ3) is 5.18. The zero-order valence-electron chi connectivity index (χ0n) is 15.0. The van der Waals surface area contributed by atoms with Crippen LogP contribution in [0.2, 0.25) is 0 Å². The Balaban J connectivity index is 2.05. The molecule has 1 aromatic rings. The fourth-order valence-electron chi connectivity index (χ4n) is 2.64. The number of carbonyl (C=O) groups is 1. The number of carbonyl (C=O) groups excluding carboxylic acids is 1. The Morgan fingerprint density at radius 1 is 1.30 bits per heavy atom. The molecule has 0 saturated carbocycles. The summed E-state index contributed by atoms with van der Waals surface area (Å²) in [4.78, 5) is 12.1. The minimum Gasteiger partial charge on any atom is -0.504 e. The topological polar surface area (TPSA) is 135 Å². The molecule has 0 bridgehead atoms. The molecule has 5 atom stereocenters. The molecule has 9 nitrogen and oxygen atoms in total. The highest BCUT2D eigenvalue weighted by Gasteiger charge is 2.46. The molecule has 1 aromatic carbocycles. The zero-order valence-corrected chi connectivity index (χ0v) is 15.0. The number of ether oxygens (including phenoxy) is 4. The number of rotatable bonds is 7. The number of methoxy groups -OCH3 is 1. The van der Waals surface area contributed by atoms with Crippen LogP contribution in [0, 0.1) is 0 Å². The van der Waals surface area contributed by atoms with E-state index < -0.39 is 43.3 Å². The minimum absolute atomic E-state index is 0.0386. The maximum Gasteiger partial charge on any atom is 0.331 e. The molecule has 0 amide bonds. The summed E-state index contributed by atoms with van der Waals surface area (Å²) in [7, 11) is 1.40. The van der Waals surface area contributed by atoms with Crippen LogP contribution in [0.15, 0.2) is 24.3 Å². The van der Waals surface area contributed by atoms with Crippen LogP contribution >= 0.6 is 0 Å². The Bertz CT molecular complexity index is 658. The second-order valence-electron chi connectivity index (χ2n) is 5.83. The number of hydrogen-bond acceptors (Lipinski definition) is 9. The van der Waals surface area contributed by atoms with Crippen LogP contribution in [0.25, 0.3) is 6.08 Å². The van der Waals surface area contributed by atoms with Crippen molar-refractivity contribution in [3.05, 3.63) is 29.8 Å². The second-order valence-corrected chi connectivity index (χ2v) is 5.83. The largest absolute Gasteiger partial charge is 0.504 e. The number of aliphatic hydroxyl groups is 3. The van der Waals surface area contributed by atoms with E-state index in [0.717, 1.165) is 6.08 Å². The highest BCUT2D eigenvalue weighted by Crippen LogP contribution is 2.27. The van der Waals surface area contributed by atoms with Crippen molar-refractivity contribution in [2.45, 2.75) is 37.6 Å². The molecule has 0 aliphatic carbocycles. The molecule has 1 aliphatic heterocycles. The SMILES string of the molecule is CCO[C@@H]1O[C@H](CO)[C@@H](OC(=O)/C=C/c2ccc(O)c(OC)c2)[C@H](O)[C@H]1O. The van der Waals surface area contributed by atoms with Gasteiger partial charge in [-0.3, -0.25) is 0 Å². The van der Waals surface area contributed by atoms with Crippen LogP contribution in [-0.4, -0.2) is 77.4 Å². The molecule has 1 heterocycles. The van der Waals surface area contributed by atoms with Gasteiger partial charge in [0.1, 0.15) is 18.3 Å². The Morgan fingerprint density at radius 3 is 2.67 bits per heavy atom. The van der Waals surface area contributed by atoms with Gasteiger partial charge in [-0.25, -0.2) is 4.79 Å². The summed E-state index contributed by atoms with van der Waals surface area (Å²) in [6, 6.07) is 4.49. The quantitative estimate of drug-likeness (QED) is 0.372. The number of esters is 1. The molecular formula is C18H24O9. The number of phenolic OH excluding ortho intramolecular Hbond substituents is 1. The van der Waals surface area contributed by atoms with E-state index in [0.29, 0.717) is 5.56 Å². The average molecular weight is 384 g/mol. The van der Waals surface area contributed by atoms with Gasteiger partial charge >= 0.3 is 5.97 Å². The van der Waals surface area contributed by atoms with Crippen LogP contribution in [0.3, 0.4) is 0 Å². The number of phenols is 1. The first-order valence-electron chi connectivity index (χ1n) is 8.41. The minimum atomic E-state index is -1.49. The summed E-state index contributed by atoms with van der Waals surface area (Å²) in [5.74, 6) is -0.606. The van der Waals surface area contributed by atoms with Crippen molar-refractivity contribution in [2.24, 2.45) is 0 Å². The first-order chi connectivity index (χ1) is 12.9. The van der Waals surface area contributed by atoms with Crippen molar-refractivity contribution < 1.29 is 44.2 Å². The normalized spacial score (nSPS) is 28.3. The fraction of sp³-hybridized carbons (Fsp3) is 0.500. The van der Waals surface area contributed by atoms with Crippen molar-refractivity contribution in [1.82, 2.24) is 0 Å². The number of aromatic hydroxyl groups is 1. The third-order valence-electron chi connectivity index (χ3n) is 4.02. The van der Waals surface area contributed by atoms with Gasteiger partial charge in [-0.05, 0) is 30.7 Å². The molecule has 0 unspecified atom stereocenters. The van der Waals surface area contributed by atoms with Gasteiger partial charge in [-0.2, -0.15) is 0 Å². The van der Waals surface area contributed by atoms with Crippen molar-refractivity contribution in [3.8, 4) is 11.5 Å². The van der Waals surface area contributed by atoms with Crippen LogP contribution in [0.1, 0.15) is 12.5 Å². The molecule has 9 heteroatoms. The Labute approximate surface area is 156 Å². The van der Waals surface area contributed by atoms with E-state index >= 15 is 0 Å². The van der Waals surface area contributed by atoms with E-state index in [1.54, 1.807) is 13.0 Å². The lowest BCUT2D eigenvalue weighted by atomic mass is 9.99. The summed E-state index contributed by atoms with van der Waals surface area (Å²) in [5.41, 5.74) is 0.567. The molecular weight excluding hydrogens is 360 g/mol. The summed E-state index contributed by atoms with van der Waals surface area (Å²) >= 11 is 0. The molecule has 0 spiro atoms. The van der Waals surface area contributed by atoms with Gasteiger partial charge in [-0.15, -0.1) is 0 Å². The number of aliphatic hydroxyl groups excluding tert-OH is 3. The summed E-state index contributed by atoms with van der Waals surface area (Å²) in [5, 5.41) is 39.2. The van der Waals surface area contributed by atoms with E-state index in [9.17, 15) is 25.2 Å². The molecule has 27 heavy (non-hydrogen) atoms. The average Bonchev–Trinajstić information content (AvgIpc) is 2.67. The van der Waals surface area contributed by atoms with Crippen molar-refractivity contribution in [1.29, 1.82) is 0 Å². The van der Waals surface area contributed by atoms with Crippen molar-refractivity contribution >= 4 is 12.0 Å². The maximum absolute atomic E-state index is 12.1. The lowest BCUT2D eigenvalue weighted by Crippen LogP contribution is -2.60. The lowest BCUT2D eigenvalue weighted by molar-refractivity contribution is -0.301. The molecule has 0 radical (unpaired) electrons. The van der Waals surface area contributed by atoms with Gasteiger partial charge in [0.05, 0.1) is 13.7 Å². The van der Waals surface area contributed by atoms with Crippen molar-refractivity contribution in [2.75, 3.05) is 20.3 Å². The zero-order chi connectivity index (χ0) is 20.0. The molecule has 150 valence electrons. The van der Waals surface area contributed by atoms with E-state index in [2.05, 4.69) is 0 Å². The molecule has 2 rings (SSSR count). The van der Waals surface area contributed by atoms with Gasteiger partial charge in [0.15, 0.2) is 23.9 Å². The molecule has 1 fully saturated rings. The predicted octanol–water partition coefficient (Wildman–Crippen LogP) is -0.199. The van der Waals surface area contributed by atoms with Gasteiger partial charge in [0, 0.05) is 12.7 Å². The number of hydrogen-bond donors (Lipinski definition) is 4. The molecule has 4 N–H and O–H groups in total. The first-order valence-corrected chi connectivity index (χ1v) is 8.41. The maximum atomic E-state index is 12.1. The number of benzene rings is 1. The van der Waals surface area contributed by atoms with Crippen LogP contribution in [0.5, 0.6) is 11.5 Å². The highest BCUT2D eigenvalue weighted by molar-refractivity contribution is 5.87. The van der Waals surface area contributed by atoms with Gasteiger partial charge in [0.2, 0.25) is 0 Å². The molecule has 0 aromatic heterocycles. The van der Waals surface area contributed by atoms with Crippen molar-refractivity contribution in [3.63, 3.8) is 0 Å². The standard InChI is InChI=1S/C18H24O9/c1-3-25-18-16(23)15(22)17(13(9-19)26-18)27-14(21)7-5-10-4-6-11(20)12(8-10)24-2/h4-8,13,15-20,22-23H,3,9H2,1-2H3/b7-5+/t13-,15-,16-,17-,18-/m1/s1. The Kier molecular flexibility index (Phi) is 7.57. The summed E-state index contributed by atoms with van der Waals surface area (Å²) in [6.07, 6.45) is -3.84. The predicted molar refractivity (Wildman–Crippen MR) is 93.0 cm³/mol. The Hall–Kier alpha value is -2.17. The smallest absolute Gasteiger partial charge is 0.331 e. The monoisotopic (exact) mass is 384 g/mol.